The highest BCUT2D eigenvalue weighted by Gasteiger charge is 2.17. The van der Waals surface area contributed by atoms with E-state index in [-0.39, 0.29) is 6.04 Å². The van der Waals surface area contributed by atoms with E-state index in [0.29, 0.717) is 0 Å². The lowest BCUT2D eigenvalue weighted by Gasteiger charge is -2.15. The average molecular weight is 420 g/mol. The first-order chi connectivity index (χ1) is 15.7. The molecule has 1 N–H and O–H groups in total. The zero-order valence-electron chi connectivity index (χ0n) is 17.6. The van der Waals surface area contributed by atoms with Gasteiger partial charge in [-0.2, -0.15) is 0 Å². The minimum Gasteiger partial charge on any atom is -0.497 e. The van der Waals surface area contributed by atoms with Crippen molar-refractivity contribution in [3.05, 3.63) is 78.8 Å². The van der Waals surface area contributed by atoms with Crippen LogP contribution in [0.25, 0.3) is 44.1 Å². The molecule has 0 saturated carbocycles. The fraction of sp³-hybridized carbons (Fsp3) is 0.120. The number of pyridine rings is 2. The van der Waals surface area contributed by atoms with Crippen molar-refractivity contribution in [3.8, 4) is 16.9 Å². The van der Waals surface area contributed by atoms with Crippen LogP contribution in [0.15, 0.2) is 73.2 Å². The first-order valence-corrected chi connectivity index (χ1v) is 10.4. The summed E-state index contributed by atoms with van der Waals surface area (Å²) in [6.45, 7) is 2.11. The lowest BCUT2D eigenvalue weighted by atomic mass is 10.0. The Morgan fingerprint density at radius 2 is 1.88 bits per heavy atom. The molecule has 0 spiro atoms. The molecular formula is C25H20N6O. The highest BCUT2D eigenvalue weighted by Crippen LogP contribution is 2.31. The smallest absolute Gasteiger partial charge is 0.137 e. The molecule has 7 nitrogen and oxygen atoms in total. The number of benzene rings is 2. The minimum atomic E-state index is -0.0257. The monoisotopic (exact) mass is 420 g/mol. The van der Waals surface area contributed by atoms with Crippen LogP contribution in [-0.2, 0) is 0 Å². The number of hydrogen-bond donors (Lipinski definition) is 1. The topological polar surface area (TPSA) is 81.5 Å². The molecule has 0 bridgehead atoms. The van der Waals surface area contributed by atoms with Gasteiger partial charge in [0.1, 0.15) is 22.4 Å². The molecule has 1 atom stereocenters. The van der Waals surface area contributed by atoms with Gasteiger partial charge in [0.25, 0.3) is 0 Å². The first-order valence-electron chi connectivity index (χ1n) is 10.4. The second-order valence-electron chi connectivity index (χ2n) is 7.85. The van der Waals surface area contributed by atoms with Gasteiger partial charge in [-0.3, -0.25) is 4.98 Å². The number of fused-ring (bicyclic) bond motifs is 4. The fourth-order valence-electron chi connectivity index (χ4n) is 4.21. The number of aromatic amines is 1. The second kappa shape index (κ2) is 7.16. The maximum Gasteiger partial charge on any atom is 0.137 e. The SMILES string of the molecule is COc1cccc([C@@H](C)n2nnc3cnc4ccc(-c5cnc6[nH]ccc6c5)cc4c32)c1. The molecule has 0 fully saturated rings. The number of nitrogens with zero attached hydrogens (tertiary/aromatic N) is 5. The molecular weight excluding hydrogens is 400 g/mol. The van der Waals surface area contributed by atoms with Gasteiger partial charge < -0.3 is 9.72 Å². The van der Waals surface area contributed by atoms with E-state index in [2.05, 4.69) is 56.5 Å². The van der Waals surface area contributed by atoms with Crippen LogP contribution in [0.1, 0.15) is 18.5 Å². The Morgan fingerprint density at radius 3 is 2.78 bits per heavy atom. The van der Waals surface area contributed by atoms with Crippen LogP contribution in [0.5, 0.6) is 5.75 Å². The Bertz CT molecular complexity index is 1600. The third kappa shape index (κ3) is 2.90. The van der Waals surface area contributed by atoms with Crippen molar-refractivity contribution in [3.63, 3.8) is 0 Å². The van der Waals surface area contributed by atoms with Crippen LogP contribution < -0.4 is 4.74 Å². The molecule has 32 heavy (non-hydrogen) atoms. The van der Waals surface area contributed by atoms with E-state index in [1.165, 1.54) is 0 Å². The molecule has 0 amide bonds. The zero-order valence-corrected chi connectivity index (χ0v) is 17.6. The highest BCUT2D eigenvalue weighted by molar-refractivity contribution is 6.03. The Hall–Kier alpha value is -4.26. The summed E-state index contributed by atoms with van der Waals surface area (Å²) in [5.41, 5.74) is 6.73. The summed E-state index contributed by atoms with van der Waals surface area (Å²) in [5.74, 6) is 0.820. The second-order valence-corrected chi connectivity index (χ2v) is 7.85. The molecule has 0 aliphatic heterocycles. The number of rotatable bonds is 4. The van der Waals surface area contributed by atoms with Crippen LogP contribution in [0.3, 0.4) is 0 Å². The maximum atomic E-state index is 5.41. The Morgan fingerprint density at radius 1 is 0.938 bits per heavy atom. The summed E-state index contributed by atoms with van der Waals surface area (Å²) >= 11 is 0. The number of ether oxygens (including phenoxy) is 1. The molecule has 0 saturated heterocycles. The third-order valence-corrected chi connectivity index (χ3v) is 5.97. The van der Waals surface area contributed by atoms with Gasteiger partial charge in [-0.05, 0) is 54.4 Å². The predicted molar refractivity (Wildman–Crippen MR) is 125 cm³/mol. The third-order valence-electron chi connectivity index (χ3n) is 5.97. The summed E-state index contributed by atoms with van der Waals surface area (Å²) in [6, 6.07) is 18.5. The van der Waals surface area contributed by atoms with Gasteiger partial charge in [-0.25, -0.2) is 9.67 Å². The molecule has 6 aromatic rings. The van der Waals surface area contributed by atoms with Crippen molar-refractivity contribution in [1.29, 1.82) is 0 Å². The Kier molecular flexibility index (Phi) is 4.14. The van der Waals surface area contributed by atoms with E-state index in [0.717, 1.165) is 55.4 Å². The van der Waals surface area contributed by atoms with Crippen LogP contribution >= 0.6 is 0 Å². The van der Waals surface area contributed by atoms with Crippen molar-refractivity contribution in [1.82, 2.24) is 29.9 Å². The van der Waals surface area contributed by atoms with Crippen LogP contribution in [0, 0.1) is 0 Å². The highest BCUT2D eigenvalue weighted by atomic mass is 16.5. The molecule has 2 aromatic carbocycles. The van der Waals surface area contributed by atoms with Gasteiger partial charge in [0, 0.05) is 28.7 Å². The number of aromatic nitrogens is 6. The largest absolute Gasteiger partial charge is 0.497 e. The van der Waals surface area contributed by atoms with Crippen LogP contribution in [0.2, 0.25) is 0 Å². The van der Waals surface area contributed by atoms with Crippen molar-refractivity contribution in [2.45, 2.75) is 13.0 Å². The minimum absolute atomic E-state index is 0.0257. The molecule has 0 unspecified atom stereocenters. The van der Waals surface area contributed by atoms with E-state index < -0.39 is 0 Å². The van der Waals surface area contributed by atoms with Gasteiger partial charge in [0.15, 0.2) is 0 Å². The predicted octanol–water partition coefficient (Wildman–Crippen LogP) is 5.14. The van der Waals surface area contributed by atoms with Gasteiger partial charge in [0.05, 0.1) is 24.9 Å². The molecule has 156 valence electrons. The molecule has 6 rings (SSSR count). The summed E-state index contributed by atoms with van der Waals surface area (Å²) < 4.78 is 7.37. The van der Waals surface area contributed by atoms with Gasteiger partial charge >= 0.3 is 0 Å². The molecule has 0 aliphatic rings. The lowest BCUT2D eigenvalue weighted by Crippen LogP contribution is -2.09. The molecule has 4 aromatic heterocycles. The number of H-pyrrole nitrogens is 1. The number of nitrogens with one attached hydrogen (secondary N) is 1. The Balaban J connectivity index is 1.53. The van der Waals surface area contributed by atoms with Gasteiger partial charge in [-0.1, -0.05) is 23.4 Å². The van der Waals surface area contributed by atoms with E-state index in [4.69, 9.17) is 4.74 Å². The van der Waals surface area contributed by atoms with Crippen molar-refractivity contribution >= 4 is 33.0 Å². The number of hydrogen-bond acceptors (Lipinski definition) is 5. The van der Waals surface area contributed by atoms with Gasteiger partial charge in [0.2, 0.25) is 0 Å². The van der Waals surface area contributed by atoms with Crippen molar-refractivity contribution in [2.75, 3.05) is 7.11 Å². The molecule has 4 heterocycles. The molecule has 7 heteroatoms. The van der Waals surface area contributed by atoms with Crippen molar-refractivity contribution in [2.24, 2.45) is 0 Å². The summed E-state index contributed by atoms with van der Waals surface area (Å²) in [4.78, 5) is 12.3. The fourth-order valence-corrected chi connectivity index (χ4v) is 4.21. The molecule has 0 aliphatic carbocycles. The summed E-state index contributed by atoms with van der Waals surface area (Å²) in [5, 5.41) is 11.0. The van der Waals surface area contributed by atoms with Crippen molar-refractivity contribution < 1.29 is 4.74 Å². The summed E-state index contributed by atoms with van der Waals surface area (Å²) in [6.07, 6.45) is 5.58. The van der Waals surface area contributed by atoms with E-state index in [1.807, 2.05) is 47.4 Å². The number of methoxy groups -OCH3 is 1. The molecule has 0 radical (unpaired) electrons. The quantitative estimate of drug-likeness (QED) is 0.427. The first kappa shape index (κ1) is 18.5. The zero-order chi connectivity index (χ0) is 21.7. The van der Waals surface area contributed by atoms with Crippen LogP contribution in [-0.4, -0.2) is 37.1 Å². The van der Waals surface area contributed by atoms with E-state index >= 15 is 0 Å². The van der Waals surface area contributed by atoms with Gasteiger partial charge in [-0.15, -0.1) is 5.10 Å². The average Bonchev–Trinajstić information content (AvgIpc) is 3.50. The maximum absolute atomic E-state index is 5.41. The Labute approximate surface area is 183 Å². The van der Waals surface area contributed by atoms with E-state index in [9.17, 15) is 0 Å². The lowest BCUT2D eigenvalue weighted by molar-refractivity contribution is 0.413. The standard InChI is InChI=1S/C25H20N6O/c1-15(16-4-3-5-20(11-16)32-2)31-24-21-12-17(6-7-22(21)27-14-23(24)29-30-31)19-10-18-8-9-26-25(18)28-13-19/h3-15H,1-2H3,(H,26,28)/t15-/m1/s1. The summed E-state index contributed by atoms with van der Waals surface area (Å²) in [7, 11) is 1.68. The normalized spacial score (nSPS) is 12.6. The van der Waals surface area contributed by atoms with E-state index in [1.54, 1.807) is 13.3 Å². The van der Waals surface area contributed by atoms with Crippen LogP contribution in [0.4, 0.5) is 0 Å².